The highest BCUT2D eigenvalue weighted by molar-refractivity contribution is 7.47. The Hall–Kier alpha value is -2.09. The Bertz CT molecular complexity index is 1140. The molecular formula is C46H79O12P. The second-order valence-corrected chi connectivity index (χ2v) is 16.0. The number of benzene rings is 2. The molecule has 0 bridgehead atoms. The van der Waals surface area contributed by atoms with E-state index >= 15 is 0 Å². The van der Waals surface area contributed by atoms with Crippen LogP contribution >= 0.6 is 7.82 Å². The molecule has 0 aliphatic rings. The lowest BCUT2D eigenvalue weighted by molar-refractivity contribution is -0.00181. The Labute approximate surface area is 356 Å². The van der Waals surface area contributed by atoms with Gasteiger partial charge in [0.1, 0.15) is 24.7 Å². The van der Waals surface area contributed by atoms with Crippen LogP contribution in [-0.2, 0) is 54.9 Å². The summed E-state index contributed by atoms with van der Waals surface area (Å²) >= 11 is 0. The average molecular weight is 855 g/mol. The summed E-state index contributed by atoms with van der Waals surface area (Å²) in [5, 5.41) is 0. The van der Waals surface area contributed by atoms with Crippen LogP contribution < -0.4 is 9.47 Å². The Balaban J connectivity index is 1.27. The van der Waals surface area contributed by atoms with E-state index in [1.165, 1.54) is 101 Å². The first-order valence-corrected chi connectivity index (χ1v) is 24.0. The van der Waals surface area contributed by atoms with Crippen LogP contribution in [0.1, 0.15) is 115 Å². The van der Waals surface area contributed by atoms with Gasteiger partial charge in [0.15, 0.2) is 0 Å². The Kier molecular flexibility index (Phi) is 34.9. The molecule has 0 unspecified atom stereocenters. The van der Waals surface area contributed by atoms with Crippen molar-refractivity contribution in [3.8, 4) is 11.5 Å². The molecule has 2 aromatic carbocycles. The largest absolute Gasteiger partial charge is 0.491 e. The minimum Gasteiger partial charge on any atom is -0.491 e. The van der Waals surface area contributed by atoms with Gasteiger partial charge in [-0.05, 0) is 61.1 Å². The van der Waals surface area contributed by atoms with Gasteiger partial charge in [0.25, 0.3) is 0 Å². The smallest absolute Gasteiger partial charge is 0.472 e. The highest BCUT2D eigenvalue weighted by Crippen LogP contribution is 2.42. The number of hydrogen-bond donors (Lipinski definition) is 1. The van der Waals surface area contributed by atoms with E-state index in [2.05, 4.69) is 38.1 Å². The van der Waals surface area contributed by atoms with Gasteiger partial charge in [-0.15, -0.1) is 0 Å². The fourth-order valence-corrected chi connectivity index (χ4v) is 6.74. The van der Waals surface area contributed by atoms with Crippen molar-refractivity contribution in [2.45, 2.75) is 117 Å². The molecule has 0 aromatic heterocycles. The van der Waals surface area contributed by atoms with E-state index in [9.17, 15) is 9.46 Å². The van der Waals surface area contributed by atoms with Crippen molar-refractivity contribution in [2.75, 3.05) is 106 Å². The van der Waals surface area contributed by atoms with E-state index in [-0.39, 0.29) is 26.4 Å². The summed E-state index contributed by atoms with van der Waals surface area (Å²) in [4.78, 5) is 9.82. The number of phosphoric ester groups is 1. The lowest BCUT2D eigenvalue weighted by atomic mass is 10.0. The van der Waals surface area contributed by atoms with Gasteiger partial charge in [-0.25, -0.2) is 4.57 Å². The van der Waals surface area contributed by atoms with Crippen molar-refractivity contribution >= 4 is 7.82 Å². The number of rotatable bonds is 44. The second kappa shape index (κ2) is 38.8. The summed E-state index contributed by atoms with van der Waals surface area (Å²) < 4.78 is 66.3. The van der Waals surface area contributed by atoms with E-state index in [1.807, 2.05) is 24.3 Å². The first-order chi connectivity index (χ1) is 29.0. The summed E-state index contributed by atoms with van der Waals surface area (Å²) in [6.07, 6.45) is 20.8. The summed E-state index contributed by atoms with van der Waals surface area (Å²) in [5.74, 6) is 1.71. The maximum atomic E-state index is 12.0. The van der Waals surface area contributed by atoms with E-state index in [1.54, 1.807) is 0 Å². The summed E-state index contributed by atoms with van der Waals surface area (Å²) in [5.41, 5.74) is 2.71. The molecule has 340 valence electrons. The van der Waals surface area contributed by atoms with Crippen molar-refractivity contribution < 1.29 is 56.4 Å². The van der Waals surface area contributed by atoms with Crippen LogP contribution in [0.15, 0.2) is 48.5 Å². The predicted octanol–water partition coefficient (Wildman–Crippen LogP) is 9.96. The van der Waals surface area contributed by atoms with Crippen molar-refractivity contribution in [3.05, 3.63) is 59.7 Å². The molecule has 13 heteroatoms. The number of hydrogen-bond acceptors (Lipinski definition) is 11. The Morgan fingerprint density at radius 2 is 0.644 bits per heavy atom. The van der Waals surface area contributed by atoms with Gasteiger partial charge in [0.05, 0.1) is 92.5 Å². The first-order valence-electron chi connectivity index (χ1n) is 22.5. The van der Waals surface area contributed by atoms with Gasteiger partial charge >= 0.3 is 7.82 Å². The van der Waals surface area contributed by atoms with Gasteiger partial charge in [-0.2, -0.15) is 0 Å². The van der Waals surface area contributed by atoms with Gasteiger partial charge in [0, 0.05) is 0 Å². The quantitative estimate of drug-likeness (QED) is 0.0503. The minimum atomic E-state index is -4.19. The zero-order valence-electron chi connectivity index (χ0n) is 36.6. The minimum absolute atomic E-state index is 0.0891. The lowest BCUT2D eigenvalue weighted by Crippen LogP contribution is -2.14. The van der Waals surface area contributed by atoms with E-state index in [0.717, 1.165) is 24.3 Å². The van der Waals surface area contributed by atoms with Gasteiger partial charge < -0.3 is 42.8 Å². The van der Waals surface area contributed by atoms with Crippen LogP contribution in [0.4, 0.5) is 0 Å². The molecule has 0 saturated carbocycles. The fraction of sp³-hybridized carbons (Fsp3) is 0.739. The second-order valence-electron chi connectivity index (χ2n) is 14.5. The molecule has 0 aliphatic carbocycles. The van der Waals surface area contributed by atoms with Gasteiger partial charge in [0.2, 0.25) is 0 Å². The third-order valence-electron chi connectivity index (χ3n) is 9.43. The molecule has 0 fully saturated rings. The van der Waals surface area contributed by atoms with E-state index < -0.39 is 7.82 Å². The van der Waals surface area contributed by atoms with Crippen molar-refractivity contribution in [1.29, 1.82) is 0 Å². The van der Waals surface area contributed by atoms with Crippen LogP contribution in [0.3, 0.4) is 0 Å². The molecule has 0 amide bonds. The SMILES string of the molecule is CCCCCCCCCc1ccc(OCCOCCOCCOCCOP(=O)(O)OCCOCCOCCOCCOc2ccc(CCCCCCCCC)cc2)cc1. The predicted molar refractivity (Wildman–Crippen MR) is 234 cm³/mol. The van der Waals surface area contributed by atoms with E-state index in [0.29, 0.717) is 79.3 Å². The molecule has 0 saturated heterocycles. The molecule has 0 radical (unpaired) electrons. The van der Waals surface area contributed by atoms with Crippen LogP contribution in [0, 0.1) is 0 Å². The molecule has 1 N–H and O–H groups in total. The number of aryl methyl sites for hydroxylation is 2. The normalized spacial score (nSPS) is 11.7. The third kappa shape index (κ3) is 33.2. The molecule has 0 heterocycles. The first kappa shape index (κ1) is 53.0. The molecule has 12 nitrogen and oxygen atoms in total. The summed E-state index contributed by atoms with van der Waals surface area (Å²) in [7, 11) is -4.19. The topological polar surface area (TPSA) is 130 Å². The lowest BCUT2D eigenvalue weighted by Gasteiger charge is -2.12. The Morgan fingerprint density at radius 1 is 0.373 bits per heavy atom. The van der Waals surface area contributed by atoms with Crippen LogP contribution in [0.2, 0.25) is 0 Å². The maximum Gasteiger partial charge on any atom is 0.472 e. The molecule has 59 heavy (non-hydrogen) atoms. The van der Waals surface area contributed by atoms with Gasteiger partial charge in [-0.3, -0.25) is 9.05 Å². The van der Waals surface area contributed by atoms with E-state index in [4.69, 9.17) is 46.9 Å². The summed E-state index contributed by atoms with van der Waals surface area (Å²) in [6.45, 7) is 9.64. The van der Waals surface area contributed by atoms with Crippen LogP contribution in [0.5, 0.6) is 11.5 Å². The molecule has 2 rings (SSSR count). The third-order valence-corrected chi connectivity index (χ3v) is 10.4. The maximum absolute atomic E-state index is 12.0. The fourth-order valence-electron chi connectivity index (χ4n) is 6.06. The average Bonchev–Trinajstić information content (AvgIpc) is 3.24. The molecule has 0 atom stereocenters. The van der Waals surface area contributed by atoms with Crippen molar-refractivity contribution in [2.24, 2.45) is 0 Å². The highest BCUT2D eigenvalue weighted by Gasteiger charge is 2.20. The van der Waals surface area contributed by atoms with Crippen LogP contribution in [0.25, 0.3) is 0 Å². The van der Waals surface area contributed by atoms with Gasteiger partial charge in [-0.1, -0.05) is 115 Å². The molecule has 0 aliphatic heterocycles. The summed E-state index contributed by atoms with van der Waals surface area (Å²) in [6, 6.07) is 16.7. The molecule has 2 aromatic rings. The standard InChI is InChI=1S/C46H79O12P/c1-3-5-7-9-11-13-15-17-43-19-23-45(24-20-43)55-39-35-51-31-27-49-29-33-53-37-41-57-59(47,48)58-42-38-54-34-30-50-28-32-52-36-40-56-46-25-21-44(22-26-46)18-16-14-12-10-8-6-4-2/h19-26H,3-18,27-42H2,1-2H3,(H,47,48). The Morgan fingerprint density at radius 3 is 0.966 bits per heavy atom. The van der Waals surface area contributed by atoms with Crippen LogP contribution in [-0.4, -0.2) is 111 Å². The number of ether oxygens (including phenoxy) is 8. The number of phosphoric acid groups is 1. The number of unbranched alkanes of at least 4 members (excludes halogenated alkanes) is 12. The zero-order chi connectivity index (χ0) is 42.2. The zero-order valence-corrected chi connectivity index (χ0v) is 37.5. The van der Waals surface area contributed by atoms with Crippen molar-refractivity contribution in [3.63, 3.8) is 0 Å². The highest BCUT2D eigenvalue weighted by atomic mass is 31.2. The molecule has 0 spiro atoms. The van der Waals surface area contributed by atoms with Crippen molar-refractivity contribution in [1.82, 2.24) is 0 Å². The monoisotopic (exact) mass is 855 g/mol. The molecular weight excluding hydrogens is 775 g/mol.